The number of rotatable bonds is 4. The Hall–Kier alpha value is -4.36. The number of hydrogen-bond acceptors (Lipinski definition) is 4. The highest BCUT2D eigenvalue weighted by Crippen LogP contribution is 2.34. The average molecular weight is 494 g/mol. The van der Waals surface area contributed by atoms with Crippen LogP contribution in [0.25, 0.3) is 22.0 Å². The number of nitrogens with one attached hydrogen (secondary N) is 1. The number of hydrogen-bond donors (Lipinski definition) is 1. The van der Waals surface area contributed by atoms with Crippen LogP contribution in [0.15, 0.2) is 90.3 Å². The van der Waals surface area contributed by atoms with Gasteiger partial charge in [0.2, 0.25) is 0 Å². The number of nitrogens with zero attached hydrogens (tertiary/aromatic N) is 2. The van der Waals surface area contributed by atoms with Gasteiger partial charge in [-0.3, -0.25) is 14.9 Å². The number of halogens is 1. The molecule has 176 valence electrons. The Morgan fingerprint density at radius 2 is 1.67 bits per heavy atom. The molecule has 7 heteroatoms. The van der Waals surface area contributed by atoms with Gasteiger partial charge in [-0.15, -0.1) is 11.3 Å². The van der Waals surface area contributed by atoms with Crippen LogP contribution in [0.3, 0.4) is 0 Å². The highest BCUT2D eigenvalue weighted by molar-refractivity contribution is 7.14. The van der Waals surface area contributed by atoms with Gasteiger partial charge in [0.15, 0.2) is 5.13 Å². The molecule has 1 aliphatic heterocycles. The maximum Gasteiger partial charge on any atom is 0.258 e. The highest BCUT2D eigenvalue weighted by atomic mass is 32.1. The third kappa shape index (κ3) is 4.14. The van der Waals surface area contributed by atoms with Crippen LogP contribution in [0.2, 0.25) is 0 Å². The van der Waals surface area contributed by atoms with E-state index in [1.54, 1.807) is 4.90 Å². The van der Waals surface area contributed by atoms with Crippen molar-refractivity contribution >= 4 is 44.7 Å². The molecule has 0 spiro atoms. The Bertz CT molecular complexity index is 1630. The van der Waals surface area contributed by atoms with E-state index >= 15 is 0 Å². The van der Waals surface area contributed by atoms with E-state index in [2.05, 4.69) is 10.3 Å². The normalized spacial score (nSPS) is 12.5. The van der Waals surface area contributed by atoms with Gasteiger partial charge in [0, 0.05) is 34.3 Å². The number of aromatic nitrogens is 1. The van der Waals surface area contributed by atoms with Crippen molar-refractivity contribution in [3.63, 3.8) is 0 Å². The fourth-order valence-corrected chi connectivity index (χ4v) is 5.20. The van der Waals surface area contributed by atoms with E-state index in [-0.39, 0.29) is 17.6 Å². The third-order valence-corrected chi connectivity index (χ3v) is 7.10. The van der Waals surface area contributed by atoms with Crippen LogP contribution in [0.4, 0.5) is 15.2 Å². The number of benzene rings is 4. The predicted molar refractivity (Wildman–Crippen MR) is 141 cm³/mol. The van der Waals surface area contributed by atoms with Gasteiger partial charge in [-0.25, -0.2) is 9.37 Å². The smallest absolute Gasteiger partial charge is 0.258 e. The molecule has 0 aliphatic carbocycles. The highest BCUT2D eigenvalue weighted by Gasteiger charge is 2.26. The lowest BCUT2D eigenvalue weighted by atomic mass is 10.1. The first-order valence-electron chi connectivity index (χ1n) is 11.5. The summed E-state index contributed by atoms with van der Waals surface area (Å²) in [4.78, 5) is 32.1. The van der Waals surface area contributed by atoms with Crippen LogP contribution in [-0.2, 0) is 6.42 Å². The Kier molecular flexibility index (Phi) is 5.54. The van der Waals surface area contributed by atoms with Crippen molar-refractivity contribution in [3.05, 3.63) is 113 Å². The Morgan fingerprint density at radius 1 is 0.889 bits per heavy atom. The maximum absolute atomic E-state index is 13.2. The molecule has 0 unspecified atom stereocenters. The van der Waals surface area contributed by atoms with Crippen molar-refractivity contribution in [1.82, 2.24) is 4.98 Å². The molecule has 0 atom stereocenters. The quantitative estimate of drug-likeness (QED) is 0.309. The second-order valence-corrected chi connectivity index (χ2v) is 9.47. The molecule has 1 aromatic heterocycles. The molecule has 1 aliphatic rings. The molecule has 2 heterocycles. The molecular formula is C29H20FN3O2S. The lowest BCUT2D eigenvalue weighted by Crippen LogP contribution is -2.28. The van der Waals surface area contributed by atoms with Gasteiger partial charge >= 0.3 is 0 Å². The molecule has 6 rings (SSSR count). The van der Waals surface area contributed by atoms with E-state index in [9.17, 15) is 14.0 Å². The zero-order valence-corrected chi connectivity index (χ0v) is 19.9. The summed E-state index contributed by atoms with van der Waals surface area (Å²) in [6.45, 7) is 0.569. The van der Waals surface area contributed by atoms with Crippen molar-refractivity contribution in [2.45, 2.75) is 6.42 Å². The summed E-state index contributed by atoms with van der Waals surface area (Å²) < 4.78 is 13.2. The summed E-state index contributed by atoms with van der Waals surface area (Å²) >= 11 is 1.37. The van der Waals surface area contributed by atoms with E-state index in [1.165, 1.54) is 35.6 Å². The predicted octanol–water partition coefficient (Wildman–Crippen LogP) is 6.56. The fourth-order valence-electron chi connectivity index (χ4n) is 4.48. The molecule has 0 saturated carbocycles. The fraction of sp³-hybridized carbons (Fsp3) is 0.0690. The number of carbonyl (C=O) groups excluding carboxylic acids is 2. The number of anilines is 2. The van der Waals surface area contributed by atoms with Crippen molar-refractivity contribution in [2.75, 3.05) is 16.8 Å². The molecule has 0 saturated heterocycles. The number of thiazole rings is 1. The van der Waals surface area contributed by atoms with Crippen molar-refractivity contribution < 1.29 is 14.0 Å². The lowest BCUT2D eigenvalue weighted by molar-refractivity contribution is 0.0987. The van der Waals surface area contributed by atoms with Gasteiger partial charge in [0.1, 0.15) is 5.82 Å². The monoisotopic (exact) mass is 493 g/mol. The first kappa shape index (κ1) is 22.1. The summed E-state index contributed by atoms with van der Waals surface area (Å²) in [7, 11) is 0. The molecule has 36 heavy (non-hydrogen) atoms. The molecule has 0 radical (unpaired) electrons. The Balaban J connectivity index is 1.19. The van der Waals surface area contributed by atoms with Crippen LogP contribution in [0.1, 0.15) is 26.3 Å². The zero-order valence-electron chi connectivity index (χ0n) is 19.1. The zero-order chi connectivity index (χ0) is 24.6. The third-order valence-electron chi connectivity index (χ3n) is 6.34. The van der Waals surface area contributed by atoms with Crippen molar-refractivity contribution in [1.29, 1.82) is 0 Å². The molecular weight excluding hydrogens is 473 g/mol. The minimum Gasteiger partial charge on any atom is -0.308 e. The van der Waals surface area contributed by atoms with E-state index in [0.29, 0.717) is 22.8 Å². The van der Waals surface area contributed by atoms with E-state index in [4.69, 9.17) is 0 Å². The summed E-state index contributed by atoms with van der Waals surface area (Å²) in [5, 5.41) is 7.43. The number of carbonyl (C=O) groups is 2. The van der Waals surface area contributed by atoms with Gasteiger partial charge in [0.05, 0.1) is 5.69 Å². The SMILES string of the molecule is O=C(Nc1nc(-c2ccc3c(c2)CCN3C(=O)c2ccc(F)cc2)cs1)c1ccc2ccccc2c1. The van der Waals surface area contributed by atoms with Crippen LogP contribution in [0, 0.1) is 5.82 Å². The molecule has 0 bridgehead atoms. The summed E-state index contributed by atoms with van der Waals surface area (Å²) in [5.74, 6) is -0.714. The van der Waals surface area contributed by atoms with E-state index in [0.717, 1.165) is 39.7 Å². The van der Waals surface area contributed by atoms with Crippen LogP contribution < -0.4 is 10.2 Å². The number of amides is 2. The Labute approximate surface area is 210 Å². The van der Waals surface area contributed by atoms with Gasteiger partial charge < -0.3 is 4.90 Å². The molecule has 0 fully saturated rings. The minimum atomic E-state index is -0.367. The van der Waals surface area contributed by atoms with Crippen molar-refractivity contribution in [2.24, 2.45) is 0 Å². The van der Waals surface area contributed by atoms with Gasteiger partial charge in [-0.1, -0.05) is 36.4 Å². The van der Waals surface area contributed by atoms with Crippen LogP contribution in [-0.4, -0.2) is 23.3 Å². The number of fused-ring (bicyclic) bond motifs is 2. The standard InChI is InChI=1S/C29H20FN3O2S/c30-24-10-7-19(8-11-24)28(35)33-14-13-22-16-21(9-12-26(22)33)25-17-36-29(31-25)32-27(34)23-6-5-18-3-1-2-4-20(18)15-23/h1-12,15-17H,13-14H2,(H,31,32,34). The second kappa shape index (κ2) is 9.02. The largest absolute Gasteiger partial charge is 0.308 e. The summed E-state index contributed by atoms with van der Waals surface area (Å²) in [6.07, 6.45) is 0.728. The van der Waals surface area contributed by atoms with E-state index in [1.807, 2.05) is 66.0 Å². The van der Waals surface area contributed by atoms with Crippen molar-refractivity contribution in [3.8, 4) is 11.3 Å². The van der Waals surface area contributed by atoms with Gasteiger partial charge in [0.25, 0.3) is 11.8 Å². The van der Waals surface area contributed by atoms with Crippen LogP contribution in [0.5, 0.6) is 0 Å². The summed E-state index contributed by atoms with van der Waals surface area (Å²) in [6, 6.07) is 25.0. The molecule has 5 nitrogen and oxygen atoms in total. The minimum absolute atomic E-state index is 0.145. The maximum atomic E-state index is 13.2. The Morgan fingerprint density at radius 3 is 2.50 bits per heavy atom. The topological polar surface area (TPSA) is 62.3 Å². The molecule has 5 aromatic rings. The average Bonchev–Trinajstić information content (AvgIpc) is 3.55. The first-order chi connectivity index (χ1) is 17.5. The molecule has 4 aromatic carbocycles. The summed E-state index contributed by atoms with van der Waals surface area (Å²) in [5.41, 5.74) is 4.63. The lowest BCUT2D eigenvalue weighted by Gasteiger charge is -2.17. The second-order valence-electron chi connectivity index (χ2n) is 8.61. The van der Waals surface area contributed by atoms with Crippen LogP contribution >= 0.6 is 11.3 Å². The first-order valence-corrected chi connectivity index (χ1v) is 12.4. The van der Waals surface area contributed by atoms with Gasteiger partial charge in [-0.05, 0) is 71.3 Å². The molecule has 2 amide bonds. The van der Waals surface area contributed by atoms with E-state index < -0.39 is 0 Å². The van der Waals surface area contributed by atoms with Gasteiger partial charge in [-0.2, -0.15) is 0 Å². The molecule has 1 N–H and O–H groups in total.